The van der Waals surface area contributed by atoms with Crippen molar-refractivity contribution in [1.29, 1.82) is 0 Å². The normalized spacial score (nSPS) is 16.0. The van der Waals surface area contributed by atoms with Gasteiger partial charge in [-0.1, -0.05) is 7.42 Å². The van der Waals surface area contributed by atoms with Crippen LogP contribution in [-0.4, -0.2) is 233 Å². The van der Waals surface area contributed by atoms with E-state index in [4.69, 9.17) is 0 Å². The van der Waals surface area contributed by atoms with Crippen molar-refractivity contribution in [2.24, 2.45) is 0 Å². The summed E-state index contributed by atoms with van der Waals surface area (Å²) in [6.45, 7) is -35.1. The van der Waals surface area contributed by atoms with Crippen molar-refractivity contribution in [1.82, 2.24) is 28.9 Å². The van der Waals surface area contributed by atoms with Gasteiger partial charge in [-0.05, 0) is 6.42 Å². The number of rotatable bonds is 28. The van der Waals surface area contributed by atoms with Crippen molar-refractivity contribution in [3.8, 4) is 0 Å². The van der Waals surface area contributed by atoms with Gasteiger partial charge in [0.2, 0.25) is 0 Å². The van der Waals surface area contributed by atoms with Crippen LogP contribution in [0, 0.1) is 0 Å². The van der Waals surface area contributed by atoms with Crippen molar-refractivity contribution < 1.29 is 194 Å². The van der Waals surface area contributed by atoms with Crippen LogP contribution in [0.15, 0.2) is 0 Å². The summed E-state index contributed by atoms with van der Waals surface area (Å²) >= 11 is 0. The summed E-state index contributed by atoms with van der Waals surface area (Å²) in [6, 6.07) is 0. The van der Waals surface area contributed by atoms with Crippen molar-refractivity contribution in [2.45, 2.75) is 56.0 Å². The van der Waals surface area contributed by atoms with Gasteiger partial charge in [-0.3, -0.25) is 0 Å². The summed E-state index contributed by atoms with van der Waals surface area (Å²) in [5.41, 5.74) is -64.0. The van der Waals surface area contributed by atoms with Crippen LogP contribution < -0.4 is 0 Å². The molecule has 0 saturated heterocycles. The van der Waals surface area contributed by atoms with Gasteiger partial charge in [-0.2, -0.15) is 140 Å². The molecule has 83 heavy (non-hydrogen) atoms. The zero-order chi connectivity index (χ0) is 67.2. The molecule has 0 heterocycles. The number of alkyl halides is 27. The van der Waals surface area contributed by atoms with Crippen molar-refractivity contribution in [3.63, 3.8) is 0 Å². The maximum Gasteiger partial charge on any atom is 0.512 e. The highest BCUT2D eigenvalue weighted by atomic mass is 32.3. The summed E-state index contributed by atoms with van der Waals surface area (Å²) in [4.78, 5) is 0. The van der Waals surface area contributed by atoms with Crippen LogP contribution in [-0.2, 0) is 90.2 Å². The zero-order valence-electron chi connectivity index (χ0n) is 38.1. The molecule has 0 rings (SSSR count). The Morgan fingerprint density at radius 3 is 0.398 bits per heavy atom. The monoisotopic (exact) mass is 1480 g/mol. The van der Waals surface area contributed by atoms with E-state index in [2.05, 4.69) is 0 Å². The molecule has 500 valence electrons. The van der Waals surface area contributed by atoms with E-state index >= 15 is 0 Å². The molecule has 0 spiro atoms. The molecule has 0 unspecified atom stereocenters. The minimum absolute atomic E-state index is 1.54. The van der Waals surface area contributed by atoms with Crippen molar-refractivity contribution in [3.05, 3.63) is 0 Å². The third-order valence-electron chi connectivity index (χ3n) is 9.08. The van der Waals surface area contributed by atoms with E-state index in [1.54, 1.807) is 0 Å². The van der Waals surface area contributed by atoms with Gasteiger partial charge in [0.15, 0.2) is 0 Å². The van der Waals surface area contributed by atoms with Crippen LogP contribution >= 0.6 is 0 Å². The Labute approximate surface area is 446 Å². The van der Waals surface area contributed by atoms with Crippen molar-refractivity contribution in [2.75, 3.05) is 78.5 Å². The predicted molar refractivity (Wildman–Crippen MR) is 211 cm³/mol. The first-order valence-electron chi connectivity index (χ1n) is 18.9. The minimum atomic E-state index is -8.10. The SMILES string of the molecule is O=S(=O)(N(CCCN(CCN(S(=O)(=O)C(F)(F)F)S(=O)(=O)C(F)(F)F)S(=O)(=O)C(F)(F)F)CCN(CCN(CCN(CCN(S(=O)(=O)C(F)(F)F)S(=O)(=O)C(F)(F)F)S(=O)(=O)C(F)(F)F)S(=O)(=O)C(F)(F)F)S(=O)(=O)C(F)(F)F)C(F)(F)F. The second kappa shape index (κ2) is 25.1. The Morgan fingerprint density at radius 2 is 0.277 bits per heavy atom. The predicted octanol–water partition coefficient (Wildman–Crippen LogP) is 2.14. The second-order valence-electron chi connectivity index (χ2n) is 14.4. The first-order valence-corrected chi connectivity index (χ1v) is 31.8. The summed E-state index contributed by atoms with van der Waals surface area (Å²) in [5, 5.41) is 0. The summed E-state index contributed by atoms with van der Waals surface area (Å²) in [6.07, 6.45) is -2.26. The molecule has 0 atom stereocenters. The lowest BCUT2D eigenvalue weighted by Crippen LogP contribution is -2.54. The molecule has 0 aromatic carbocycles. The number of hydrogen-bond donors (Lipinski definition) is 0. The molecule has 0 bridgehead atoms. The van der Waals surface area contributed by atoms with Gasteiger partial charge in [0.1, 0.15) is 0 Å². The van der Waals surface area contributed by atoms with E-state index in [9.17, 15) is 194 Å². The molecule has 0 amide bonds. The Kier molecular flexibility index (Phi) is 24.3. The van der Waals surface area contributed by atoms with Gasteiger partial charge in [0.05, 0.1) is 0 Å². The van der Waals surface area contributed by atoms with Crippen LogP contribution in [0.25, 0.3) is 0 Å². The number of halogens is 27. The molecule has 0 aromatic rings. The standard InChI is InChI=1S/C22H26F27N7O18S9/c23-14(24,25)75(57,58)50(2-1-3-51(76(59,60)15(26,27)28)10-12-55(80(67,68)19(38,39)40)81(69,70)20(41,42)43)4-5-52(77(61,62)16(29,30)31)6-7-53(78(63,64)17(32,33)34)8-9-54(79(65,66)18(35,36)37)11-13-56(82(71,72)21(44,45)46)83(73,74)22(47,48)49/h1-13H2. The van der Waals surface area contributed by atoms with Gasteiger partial charge >= 0.3 is 140 Å². The first kappa shape index (κ1) is 80.4. The number of nitrogens with zero attached hydrogens (tertiary/aromatic N) is 7. The average molecular weight is 1480 g/mol. The van der Waals surface area contributed by atoms with E-state index in [1.165, 1.54) is 0 Å². The maximum absolute atomic E-state index is 13.8. The smallest absolute Gasteiger partial charge is 0.203 e. The highest BCUT2D eigenvalue weighted by Gasteiger charge is 2.64. The van der Waals surface area contributed by atoms with Gasteiger partial charge in [0.25, 0.3) is 0 Å². The van der Waals surface area contributed by atoms with E-state index in [-0.39, 0.29) is 0 Å². The van der Waals surface area contributed by atoms with Gasteiger partial charge in [0, 0.05) is 78.5 Å². The summed E-state index contributed by atoms with van der Waals surface area (Å²) < 4.78 is 567. The van der Waals surface area contributed by atoms with E-state index in [1.807, 2.05) is 0 Å². The van der Waals surface area contributed by atoms with Gasteiger partial charge < -0.3 is 0 Å². The number of sulfonamides is 9. The molecule has 0 fully saturated rings. The molecule has 0 aliphatic carbocycles. The molecular weight excluding hydrogens is 1450 g/mol. The molecule has 0 aliphatic heterocycles. The molecule has 0 saturated carbocycles. The van der Waals surface area contributed by atoms with Crippen LogP contribution in [0.5, 0.6) is 0 Å². The fraction of sp³-hybridized carbons (Fsp3) is 1.00. The van der Waals surface area contributed by atoms with E-state index in [0.29, 0.717) is 0 Å². The molecule has 0 aliphatic rings. The van der Waals surface area contributed by atoms with Crippen molar-refractivity contribution >= 4 is 90.2 Å². The topological polar surface area (TPSA) is 330 Å². The Bertz CT molecular complexity index is 3250. The Hall–Kier alpha value is -2.62. The summed E-state index contributed by atoms with van der Waals surface area (Å²) in [5.74, 6) is 0. The highest BCUT2D eigenvalue weighted by Crippen LogP contribution is 2.39. The Balaban J connectivity index is 7.86. The van der Waals surface area contributed by atoms with Gasteiger partial charge in [-0.25, -0.2) is 75.8 Å². The number of hydrogen-bond acceptors (Lipinski definition) is 18. The lowest BCUT2D eigenvalue weighted by atomic mass is 10.4. The Morgan fingerprint density at radius 1 is 0.169 bits per heavy atom. The van der Waals surface area contributed by atoms with Crippen LogP contribution in [0.4, 0.5) is 119 Å². The van der Waals surface area contributed by atoms with Crippen LogP contribution in [0.1, 0.15) is 6.42 Å². The molecule has 0 N–H and O–H groups in total. The lowest BCUT2D eigenvalue weighted by molar-refractivity contribution is -0.0547. The average Bonchev–Trinajstić information content (AvgIpc) is 3.20. The zero-order valence-corrected chi connectivity index (χ0v) is 45.4. The second-order valence-corrected chi connectivity index (χ2v) is 31.9. The van der Waals surface area contributed by atoms with E-state index < -0.39 is 254 Å². The fourth-order valence-corrected chi connectivity index (χ4v) is 15.2. The van der Waals surface area contributed by atoms with Crippen LogP contribution in [0.2, 0.25) is 0 Å². The fourth-order valence-electron chi connectivity index (χ4n) is 5.17. The minimum Gasteiger partial charge on any atom is -0.203 e. The van der Waals surface area contributed by atoms with Crippen LogP contribution in [0.3, 0.4) is 0 Å². The third-order valence-corrected chi connectivity index (χ3v) is 24.8. The van der Waals surface area contributed by atoms with Gasteiger partial charge in [-0.15, -0.1) is 0 Å². The third kappa shape index (κ3) is 17.8. The quantitative estimate of drug-likeness (QED) is 0.101. The molecule has 0 radical (unpaired) electrons. The largest absolute Gasteiger partial charge is 0.512 e. The molecule has 25 nitrogen and oxygen atoms in total. The molecule has 61 heteroatoms. The first-order chi connectivity index (χ1) is 35.7. The lowest BCUT2D eigenvalue weighted by Gasteiger charge is -2.32. The highest BCUT2D eigenvalue weighted by molar-refractivity contribution is 8.05. The van der Waals surface area contributed by atoms with E-state index in [0.717, 1.165) is 0 Å². The molecular formula is C22H26F27N7O18S9. The molecule has 0 aromatic heterocycles. The maximum atomic E-state index is 13.8. The summed E-state index contributed by atoms with van der Waals surface area (Å²) in [7, 11) is -70.4.